The van der Waals surface area contributed by atoms with Gasteiger partial charge >= 0.3 is 23.9 Å². The van der Waals surface area contributed by atoms with Gasteiger partial charge in [0, 0.05) is 27.2 Å². The van der Waals surface area contributed by atoms with Crippen LogP contribution in [0.5, 0.6) is 0 Å². The Morgan fingerprint density at radius 1 is 0.686 bits per heavy atom. The molecule has 0 fully saturated rings. The van der Waals surface area contributed by atoms with Gasteiger partial charge in [-0.15, -0.1) is 11.6 Å². The second-order valence-electron chi connectivity index (χ2n) is 5.78. The minimum atomic E-state index is -1.67. The molecule has 2 rings (SSSR count). The molecule has 9 nitrogen and oxygen atoms in total. The normalized spacial score (nSPS) is 9.14. The van der Waals surface area contributed by atoms with Crippen molar-refractivity contribution in [1.82, 2.24) is 0 Å². The largest absolute Gasteiger partial charge is 0.465 e. The monoisotopic (exact) mass is 570 g/mol. The van der Waals surface area contributed by atoms with E-state index >= 15 is 0 Å². The zero-order valence-corrected chi connectivity index (χ0v) is 21.5. The molecule has 0 aliphatic rings. The minimum absolute atomic E-state index is 0. The predicted octanol–water partition coefficient (Wildman–Crippen LogP) is 4.94. The standard InChI is InChI=1S/C11H11ClO4.C10H10O4.CH4.Cl2OS/c1-15-10(13)8-3-7(6-12)4-9(5-8)11(14)16-2;1-13-9(11)7-4-3-5-8(6-7)10(12)14-2;;1-4(2)3/h3-5H,6H2,1-2H3;3-6H,1-2H3;1H4;. The van der Waals surface area contributed by atoms with Crippen LogP contribution in [0.3, 0.4) is 0 Å². The molecule has 35 heavy (non-hydrogen) atoms. The molecule has 2 aromatic carbocycles. The van der Waals surface area contributed by atoms with Gasteiger partial charge in [-0.25, -0.2) is 23.4 Å². The van der Waals surface area contributed by atoms with Gasteiger partial charge in [-0.3, -0.25) is 0 Å². The molecule has 0 aliphatic heterocycles. The fourth-order valence-electron chi connectivity index (χ4n) is 2.25. The van der Waals surface area contributed by atoms with E-state index in [0.29, 0.717) is 16.7 Å². The first-order valence-electron chi connectivity index (χ1n) is 8.92. The van der Waals surface area contributed by atoms with Crippen LogP contribution >= 0.6 is 33.0 Å². The quantitative estimate of drug-likeness (QED) is 0.212. The van der Waals surface area contributed by atoms with Gasteiger partial charge in [0.25, 0.3) is 0 Å². The minimum Gasteiger partial charge on any atom is -0.465 e. The topological polar surface area (TPSA) is 122 Å². The molecule has 0 aliphatic carbocycles. The Morgan fingerprint density at radius 3 is 1.26 bits per heavy atom. The fraction of sp³-hybridized carbons (Fsp3) is 0.273. The van der Waals surface area contributed by atoms with Crippen LogP contribution in [0.15, 0.2) is 42.5 Å². The summed E-state index contributed by atoms with van der Waals surface area (Å²) in [5.74, 6) is -1.78. The Kier molecular flexibility index (Phi) is 18.4. The van der Waals surface area contributed by atoms with E-state index in [4.69, 9.17) is 15.8 Å². The van der Waals surface area contributed by atoms with Crippen LogP contribution < -0.4 is 0 Å². The molecular weight excluding hydrogens is 547 g/mol. The summed E-state index contributed by atoms with van der Waals surface area (Å²) in [6.07, 6.45) is 0. The molecule has 0 unspecified atom stereocenters. The van der Waals surface area contributed by atoms with Gasteiger partial charge in [-0.1, -0.05) is 13.5 Å². The van der Waals surface area contributed by atoms with E-state index < -0.39 is 33.1 Å². The second-order valence-corrected chi connectivity index (χ2v) is 8.58. The first kappa shape index (κ1) is 34.5. The van der Waals surface area contributed by atoms with Crippen molar-refractivity contribution in [2.24, 2.45) is 0 Å². The van der Waals surface area contributed by atoms with Crippen molar-refractivity contribution in [3.05, 3.63) is 70.3 Å². The molecule has 0 spiro atoms. The molecule has 0 atom stereocenters. The van der Waals surface area contributed by atoms with E-state index in [1.165, 1.54) is 40.6 Å². The smallest absolute Gasteiger partial charge is 0.337 e. The molecule has 0 bridgehead atoms. The van der Waals surface area contributed by atoms with Crippen molar-refractivity contribution in [2.45, 2.75) is 13.3 Å². The highest BCUT2D eigenvalue weighted by molar-refractivity contribution is 8.26. The van der Waals surface area contributed by atoms with E-state index in [2.05, 4.69) is 40.3 Å². The highest BCUT2D eigenvalue weighted by atomic mass is 36.0. The Hall–Kier alpha value is -2.66. The van der Waals surface area contributed by atoms with E-state index in [0.717, 1.165) is 0 Å². The summed E-state index contributed by atoms with van der Waals surface area (Å²) in [7, 11) is 12.5. The van der Waals surface area contributed by atoms with E-state index in [1.54, 1.807) is 30.3 Å². The lowest BCUT2D eigenvalue weighted by Crippen LogP contribution is -2.07. The molecule has 2 aromatic rings. The maximum atomic E-state index is 11.3. The van der Waals surface area contributed by atoms with Gasteiger partial charge in [-0.05, 0) is 42.0 Å². The lowest BCUT2D eigenvalue weighted by atomic mass is 10.1. The van der Waals surface area contributed by atoms with Crippen molar-refractivity contribution in [3.8, 4) is 0 Å². The number of alkyl halides is 1. The molecule has 0 saturated heterocycles. The third-order valence-electron chi connectivity index (χ3n) is 3.69. The van der Waals surface area contributed by atoms with Crippen molar-refractivity contribution in [1.29, 1.82) is 0 Å². The predicted molar refractivity (Wildman–Crippen MR) is 134 cm³/mol. The van der Waals surface area contributed by atoms with Crippen LogP contribution in [-0.2, 0) is 34.1 Å². The lowest BCUT2D eigenvalue weighted by molar-refractivity contribution is 0.0581. The number of benzene rings is 2. The molecular formula is C22H25Cl3O9S. The summed E-state index contributed by atoms with van der Waals surface area (Å²) in [6.45, 7) is 0. The third kappa shape index (κ3) is 13.1. The Morgan fingerprint density at radius 2 is 0.971 bits per heavy atom. The number of hydrogen-bond acceptors (Lipinski definition) is 9. The molecule has 0 heterocycles. The number of carbonyl (C=O) groups excluding carboxylic acids is 4. The van der Waals surface area contributed by atoms with Gasteiger partial charge in [0.1, 0.15) is 0 Å². The van der Waals surface area contributed by atoms with Crippen molar-refractivity contribution in [2.75, 3.05) is 28.4 Å². The zero-order chi connectivity index (χ0) is 26.3. The summed E-state index contributed by atoms with van der Waals surface area (Å²) >= 11 is 5.66. The number of halogens is 3. The number of ether oxygens (including phenoxy) is 4. The second kappa shape index (κ2) is 18.6. The van der Waals surface area contributed by atoms with Gasteiger partial charge in [0.2, 0.25) is 9.23 Å². The molecule has 0 aromatic heterocycles. The van der Waals surface area contributed by atoms with Crippen LogP contribution in [0.4, 0.5) is 0 Å². The first-order chi connectivity index (χ1) is 16.0. The number of methoxy groups -OCH3 is 4. The zero-order valence-electron chi connectivity index (χ0n) is 18.5. The van der Waals surface area contributed by atoms with Crippen LogP contribution in [0.2, 0.25) is 0 Å². The summed E-state index contributed by atoms with van der Waals surface area (Å²) in [4.78, 5) is 44.9. The van der Waals surface area contributed by atoms with Crippen LogP contribution in [0, 0.1) is 0 Å². The summed E-state index contributed by atoms with van der Waals surface area (Å²) in [6, 6.07) is 10.7. The number of esters is 4. The average Bonchev–Trinajstić information content (AvgIpc) is 2.86. The van der Waals surface area contributed by atoms with Crippen molar-refractivity contribution in [3.63, 3.8) is 0 Å². The molecule has 13 heteroatoms. The lowest BCUT2D eigenvalue weighted by Gasteiger charge is -2.05. The number of rotatable bonds is 5. The van der Waals surface area contributed by atoms with Gasteiger partial charge in [0.05, 0.1) is 50.7 Å². The van der Waals surface area contributed by atoms with E-state index in [1.807, 2.05) is 0 Å². The van der Waals surface area contributed by atoms with Crippen LogP contribution in [-0.4, -0.2) is 56.5 Å². The first-order valence-corrected chi connectivity index (χ1v) is 12.3. The van der Waals surface area contributed by atoms with Gasteiger partial charge in [-0.2, -0.15) is 0 Å². The SMILES string of the molecule is C.COC(=O)c1cc(CCl)cc(C(=O)OC)c1.COC(=O)c1cccc(C(=O)OC)c1.O=S(Cl)Cl. The van der Waals surface area contributed by atoms with E-state index in [-0.39, 0.29) is 24.4 Å². The maximum Gasteiger partial charge on any atom is 0.337 e. The number of hydrogen-bond donors (Lipinski definition) is 0. The molecule has 0 N–H and O–H groups in total. The van der Waals surface area contributed by atoms with Crippen molar-refractivity contribution < 1.29 is 42.3 Å². The molecule has 0 radical (unpaired) electrons. The Labute approximate surface area is 220 Å². The summed E-state index contributed by atoms with van der Waals surface area (Å²) < 4.78 is 27.3. The van der Waals surface area contributed by atoms with E-state index in [9.17, 15) is 19.2 Å². The molecule has 194 valence electrons. The summed E-state index contributed by atoms with van der Waals surface area (Å²) in [5.41, 5.74) is 1.87. The highest BCUT2D eigenvalue weighted by Crippen LogP contribution is 2.14. The van der Waals surface area contributed by atoms with Crippen molar-refractivity contribution >= 4 is 66.1 Å². The highest BCUT2D eigenvalue weighted by Gasteiger charge is 2.13. The third-order valence-corrected chi connectivity index (χ3v) is 4.00. The molecule has 0 amide bonds. The van der Waals surface area contributed by atoms with Gasteiger partial charge in [0.15, 0.2) is 0 Å². The average molecular weight is 572 g/mol. The fourth-order valence-corrected chi connectivity index (χ4v) is 2.40. The Bertz CT molecular complexity index is 959. The maximum absolute atomic E-state index is 11.3. The Balaban J connectivity index is 0. The summed E-state index contributed by atoms with van der Waals surface area (Å²) in [5, 5.41) is 0. The van der Waals surface area contributed by atoms with Gasteiger partial charge < -0.3 is 18.9 Å². The van der Waals surface area contributed by atoms with Crippen LogP contribution in [0.25, 0.3) is 0 Å². The van der Waals surface area contributed by atoms with Crippen LogP contribution in [0.1, 0.15) is 54.4 Å². The molecule has 0 saturated carbocycles. The number of carbonyl (C=O) groups is 4.